The average Bonchev–Trinajstić information content (AvgIpc) is 3.14. The van der Waals surface area contributed by atoms with Crippen LogP contribution in [0.25, 0.3) is 0 Å². The van der Waals surface area contributed by atoms with Crippen LogP contribution < -0.4 is 10.6 Å². The lowest BCUT2D eigenvalue weighted by atomic mass is 9.84. The number of guanidine groups is 1. The van der Waals surface area contributed by atoms with E-state index in [0.29, 0.717) is 11.6 Å². The molecule has 0 bridgehead atoms. The molecule has 0 unspecified atom stereocenters. The number of hydrogen-bond acceptors (Lipinski definition) is 3. The fraction of sp³-hybridized carbons (Fsp3) is 0.947. The quantitative estimate of drug-likeness (QED) is 0.382. The third-order valence-corrected chi connectivity index (χ3v) is 6.45. The largest absolute Gasteiger partial charge is 0.355 e. The standard InChI is InChI=1S/C19H37N5.HI/c1-20-18(22-17-8-4-5-9-17)21-16-19(10-14-23(2)15-11-19)24-12-6-3-7-13-24;/h17H,3-16H2,1-2H3,(H2,20,21,22);1H. The van der Waals surface area contributed by atoms with Crippen LogP contribution >= 0.6 is 24.0 Å². The van der Waals surface area contributed by atoms with E-state index in [4.69, 9.17) is 0 Å². The van der Waals surface area contributed by atoms with Crippen LogP contribution in [0.4, 0.5) is 0 Å². The number of likely N-dealkylation sites (tertiary alicyclic amines) is 2. The summed E-state index contributed by atoms with van der Waals surface area (Å²) in [4.78, 5) is 9.76. The van der Waals surface area contributed by atoms with Crippen molar-refractivity contribution < 1.29 is 0 Å². The molecule has 6 heteroatoms. The summed E-state index contributed by atoms with van der Waals surface area (Å²) in [5.41, 5.74) is 0.320. The fourth-order valence-corrected chi connectivity index (χ4v) is 4.71. The normalized spacial score (nSPS) is 26.2. The van der Waals surface area contributed by atoms with Gasteiger partial charge in [-0.25, -0.2) is 0 Å². The summed E-state index contributed by atoms with van der Waals surface area (Å²) in [6.07, 6.45) is 12.0. The summed E-state index contributed by atoms with van der Waals surface area (Å²) in [5.74, 6) is 1.01. The van der Waals surface area contributed by atoms with E-state index in [1.165, 1.54) is 84.0 Å². The van der Waals surface area contributed by atoms with E-state index in [1.807, 2.05) is 7.05 Å². The molecule has 5 nitrogen and oxygen atoms in total. The monoisotopic (exact) mass is 463 g/mol. The number of rotatable bonds is 4. The Bertz CT molecular complexity index is 408. The molecule has 0 aromatic carbocycles. The molecular formula is C19H38IN5. The first-order valence-electron chi connectivity index (χ1n) is 10.1. The molecule has 0 atom stereocenters. The lowest BCUT2D eigenvalue weighted by molar-refractivity contribution is 0.0173. The Kier molecular flexibility index (Phi) is 8.75. The van der Waals surface area contributed by atoms with Crippen molar-refractivity contribution >= 4 is 29.9 Å². The molecule has 2 saturated heterocycles. The topological polar surface area (TPSA) is 42.9 Å². The molecule has 0 spiro atoms. The Hall–Kier alpha value is -0.0800. The van der Waals surface area contributed by atoms with E-state index in [-0.39, 0.29) is 24.0 Å². The second-order valence-corrected chi connectivity index (χ2v) is 8.13. The Morgan fingerprint density at radius 3 is 2.24 bits per heavy atom. The SMILES string of the molecule is CN=C(NCC1(N2CCCCC2)CCN(C)CC1)NC1CCCC1.I. The molecule has 146 valence electrons. The van der Waals surface area contributed by atoms with Gasteiger partial charge in [-0.3, -0.25) is 9.89 Å². The molecule has 1 saturated carbocycles. The first-order chi connectivity index (χ1) is 11.7. The van der Waals surface area contributed by atoms with Crippen LogP contribution in [0.3, 0.4) is 0 Å². The molecule has 3 fully saturated rings. The van der Waals surface area contributed by atoms with E-state index in [9.17, 15) is 0 Å². The summed E-state index contributed by atoms with van der Waals surface area (Å²) < 4.78 is 0. The van der Waals surface area contributed by atoms with Crippen molar-refractivity contribution in [3.63, 3.8) is 0 Å². The van der Waals surface area contributed by atoms with Gasteiger partial charge in [-0.1, -0.05) is 19.3 Å². The zero-order valence-corrected chi connectivity index (χ0v) is 18.6. The van der Waals surface area contributed by atoms with Gasteiger partial charge in [-0.2, -0.15) is 0 Å². The molecular weight excluding hydrogens is 425 g/mol. The van der Waals surface area contributed by atoms with Gasteiger partial charge in [0.15, 0.2) is 5.96 Å². The molecule has 2 aliphatic heterocycles. The molecule has 25 heavy (non-hydrogen) atoms. The van der Waals surface area contributed by atoms with Crippen molar-refractivity contribution in [2.45, 2.75) is 69.4 Å². The van der Waals surface area contributed by atoms with Crippen LogP contribution in [0.2, 0.25) is 0 Å². The highest BCUT2D eigenvalue weighted by atomic mass is 127. The maximum atomic E-state index is 4.49. The van der Waals surface area contributed by atoms with E-state index >= 15 is 0 Å². The van der Waals surface area contributed by atoms with Gasteiger partial charge in [0.1, 0.15) is 0 Å². The van der Waals surface area contributed by atoms with Crippen molar-refractivity contribution in [3.05, 3.63) is 0 Å². The van der Waals surface area contributed by atoms with E-state index in [0.717, 1.165) is 12.5 Å². The summed E-state index contributed by atoms with van der Waals surface area (Å²) in [5, 5.41) is 7.34. The number of nitrogens with one attached hydrogen (secondary N) is 2. The number of hydrogen-bond donors (Lipinski definition) is 2. The van der Waals surface area contributed by atoms with Gasteiger partial charge in [0.05, 0.1) is 0 Å². The predicted molar refractivity (Wildman–Crippen MR) is 117 cm³/mol. The molecule has 0 radical (unpaired) electrons. The van der Waals surface area contributed by atoms with Gasteiger partial charge in [-0.15, -0.1) is 24.0 Å². The number of halogens is 1. The average molecular weight is 463 g/mol. The maximum absolute atomic E-state index is 4.49. The van der Waals surface area contributed by atoms with Gasteiger partial charge in [0.25, 0.3) is 0 Å². The maximum Gasteiger partial charge on any atom is 0.191 e. The number of piperidine rings is 2. The number of nitrogens with zero attached hydrogens (tertiary/aromatic N) is 3. The van der Waals surface area contributed by atoms with Crippen LogP contribution in [0.5, 0.6) is 0 Å². The van der Waals surface area contributed by atoms with Crippen LogP contribution in [0.15, 0.2) is 4.99 Å². The predicted octanol–water partition coefficient (Wildman–Crippen LogP) is 2.66. The highest BCUT2D eigenvalue weighted by Crippen LogP contribution is 2.30. The Morgan fingerprint density at radius 2 is 1.64 bits per heavy atom. The minimum absolute atomic E-state index is 0. The summed E-state index contributed by atoms with van der Waals surface area (Å²) in [6, 6.07) is 0.625. The van der Waals surface area contributed by atoms with Gasteiger partial charge >= 0.3 is 0 Å². The van der Waals surface area contributed by atoms with Crippen molar-refractivity contribution in [1.29, 1.82) is 0 Å². The van der Waals surface area contributed by atoms with Crippen molar-refractivity contribution in [3.8, 4) is 0 Å². The Labute approximate surface area is 171 Å². The zero-order chi connectivity index (χ0) is 16.8. The third kappa shape index (κ3) is 5.70. The number of aliphatic imine (C=N–C) groups is 1. The minimum atomic E-state index is 0. The van der Waals surface area contributed by atoms with Crippen LogP contribution in [-0.4, -0.2) is 74.2 Å². The second kappa shape index (κ2) is 10.3. The fourth-order valence-electron chi connectivity index (χ4n) is 4.71. The third-order valence-electron chi connectivity index (χ3n) is 6.45. The van der Waals surface area contributed by atoms with Crippen molar-refractivity contribution in [2.24, 2.45) is 4.99 Å². The van der Waals surface area contributed by atoms with Gasteiger partial charge < -0.3 is 15.5 Å². The molecule has 2 N–H and O–H groups in total. The van der Waals surface area contributed by atoms with Crippen LogP contribution in [0, 0.1) is 0 Å². The smallest absolute Gasteiger partial charge is 0.191 e. The van der Waals surface area contributed by atoms with Crippen molar-refractivity contribution in [2.75, 3.05) is 46.8 Å². The Morgan fingerprint density at radius 1 is 1.00 bits per heavy atom. The molecule has 2 heterocycles. The second-order valence-electron chi connectivity index (χ2n) is 8.13. The molecule has 3 rings (SSSR count). The molecule has 3 aliphatic rings. The van der Waals surface area contributed by atoms with E-state index in [2.05, 4.69) is 32.5 Å². The molecule has 1 aliphatic carbocycles. The molecule has 0 amide bonds. The summed E-state index contributed by atoms with van der Waals surface area (Å²) >= 11 is 0. The summed E-state index contributed by atoms with van der Waals surface area (Å²) in [7, 11) is 4.17. The lowest BCUT2D eigenvalue weighted by Gasteiger charge is -2.50. The van der Waals surface area contributed by atoms with Crippen molar-refractivity contribution in [1.82, 2.24) is 20.4 Å². The van der Waals surface area contributed by atoms with Crippen LogP contribution in [0.1, 0.15) is 57.8 Å². The van der Waals surface area contributed by atoms with Gasteiger partial charge in [-0.05, 0) is 71.8 Å². The van der Waals surface area contributed by atoms with E-state index < -0.39 is 0 Å². The minimum Gasteiger partial charge on any atom is -0.355 e. The molecule has 0 aromatic heterocycles. The Balaban J connectivity index is 0.00000225. The van der Waals surface area contributed by atoms with E-state index in [1.54, 1.807) is 0 Å². The first-order valence-corrected chi connectivity index (χ1v) is 10.1. The zero-order valence-electron chi connectivity index (χ0n) is 16.2. The highest BCUT2D eigenvalue weighted by Gasteiger charge is 2.39. The van der Waals surface area contributed by atoms with Gasteiger partial charge in [0, 0.05) is 25.2 Å². The molecule has 0 aromatic rings. The first kappa shape index (κ1) is 21.2. The van der Waals surface area contributed by atoms with Gasteiger partial charge in [0.2, 0.25) is 0 Å². The van der Waals surface area contributed by atoms with Crippen LogP contribution in [-0.2, 0) is 0 Å². The lowest BCUT2D eigenvalue weighted by Crippen LogP contribution is -2.62. The highest BCUT2D eigenvalue weighted by molar-refractivity contribution is 14.0. The summed E-state index contributed by atoms with van der Waals surface area (Å²) in [6.45, 7) is 6.02.